The van der Waals surface area contributed by atoms with E-state index in [-0.39, 0.29) is 56.4 Å². The molecule has 39 heavy (non-hydrogen) atoms. The van der Waals surface area contributed by atoms with Crippen LogP contribution in [0.5, 0.6) is 0 Å². The number of nitrogens with zero attached hydrogens (tertiary/aromatic N) is 4. The first-order valence-corrected chi connectivity index (χ1v) is 12.2. The minimum atomic E-state index is -4.76. The molecule has 2 fully saturated rings. The fourth-order valence-electron chi connectivity index (χ4n) is 5.10. The van der Waals surface area contributed by atoms with E-state index in [1.54, 1.807) is 30.0 Å². The van der Waals surface area contributed by atoms with Crippen molar-refractivity contribution in [3.8, 4) is 0 Å². The zero-order valence-corrected chi connectivity index (χ0v) is 22.2. The molecule has 13 heteroatoms. The highest BCUT2D eigenvalue weighted by Gasteiger charge is 2.62. The Kier molecular flexibility index (Phi) is 9.24. The van der Waals surface area contributed by atoms with Crippen molar-refractivity contribution in [2.75, 3.05) is 32.8 Å². The average Bonchev–Trinajstić information content (AvgIpc) is 3.07. The van der Waals surface area contributed by atoms with E-state index in [2.05, 4.69) is 4.98 Å². The van der Waals surface area contributed by atoms with E-state index in [0.29, 0.717) is 12.3 Å². The number of rotatable bonds is 10. The first-order chi connectivity index (χ1) is 18.0. The van der Waals surface area contributed by atoms with Crippen LogP contribution in [-0.2, 0) is 27.4 Å². The lowest BCUT2D eigenvalue weighted by Gasteiger charge is -2.50. The number of hydrogen-bond acceptors (Lipinski definition) is 6. The summed E-state index contributed by atoms with van der Waals surface area (Å²) in [4.78, 5) is 46.7. The number of primary amides is 1. The normalized spacial score (nSPS) is 21.3. The van der Waals surface area contributed by atoms with E-state index in [1.807, 2.05) is 30.3 Å². The maximum Gasteiger partial charge on any atom is 0.406 e. The van der Waals surface area contributed by atoms with Gasteiger partial charge in [0.1, 0.15) is 12.1 Å². The predicted octanol–water partition coefficient (Wildman–Crippen LogP) is 2.78. The highest BCUT2D eigenvalue weighted by atomic mass is 35.5. The van der Waals surface area contributed by atoms with E-state index in [0.717, 1.165) is 5.56 Å². The second-order valence-electron chi connectivity index (χ2n) is 9.82. The lowest BCUT2D eigenvalue weighted by atomic mass is 9.84. The van der Waals surface area contributed by atoms with Gasteiger partial charge in [-0.2, -0.15) is 13.2 Å². The van der Waals surface area contributed by atoms with Crippen molar-refractivity contribution >= 4 is 30.3 Å². The molecule has 3 heterocycles. The van der Waals surface area contributed by atoms with Gasteiger partial charge in [0, 0.05) is 44.6 Å². The molecule has 4 rings (SSSR count). The summed E-state index contributed by atoms with van der Waals surface area (Å²) >= 11 is 0. The second-order valence-corrected chi connectivity index (χ2v) is 9.82. The van der Waals surface area contributed by atoms with Crippen LogP contribution in [0.15, 0.2) is 54.7 Å². The third kappa shape index (κ3) is 6.34. The summed E-state index contributed by atoms with van der Waals surface area (Å²) in [5.74, 6) is -1.63. The Morgan fingerprint density at radius 2 is 1.79 bits per heavy atom. The van der Waals surface area contributed by atoms with Gasteiger partial charge in [0.25, 0.3) is 5.91 Å². The molecule has 212 valence electrons. The molecular weight excluding hydrogens is 539 g/mol. The van der Waals surface area contributed by atoms with Gasteiger partial charge in [-0.3, -0.25) is 24.4 Å². The number of carbonyl (C=O) groups is 3. The van der Waals surface area contributed by atoms with E-state index < -0.39 is 41.6 Å². The molecule has 2 aromatic rings. The summed E-state index contributed by atoms with van der Waals surface area (Å²) in [5, 5.41) is 0. The lowest BCUT2D eigenvalue weighted by molar-refractivity contribution is -0.157. The van der Waals surface area contributed by atoms with Gasteiger partial charge in [-0.15, -0.1) is 12.4 Å². The number of alkyl halides is 3. The Bertz CT molecular complexity index is 1170. The molecule has 4 amide bonds. The number of aromatic nitrogens is 1. The van der Waals surface area contributed by atoms with Crippen molar-refractivity contribution in [1.82, 2.24) is 19.7 Å². The maximum absolute atomic E-state index is 13.6. The molecule has 2 aliphatic rings. The van der Waals surface area contributed by atoms with Gasteiger partial charge in [0.2, 0.25) is 5.91 Å². The van der Waals surface area contributed by atoms with Gasteiger partial charge in [-0.1, -0.05) is 36.4 Å². The first kappa shape index (κ1) is 30.3. The molecule has 0 saturated carbocycles. The fourth-order valence-corrected chi connectivity index (χ4v) is 5.10. The standard InChI is InChI=1S/C26H30F3N5O4.ClH/c1-24(21(30)35,10-14-38-16-19-7-3-2-4-8-19)32-12-13-34-23(37)33(18-26(27,28)29)22(36)25(34,17-32)15-20-9-5-6-11-31-20;/h2-9,11H,10,12-18H2,1H3,(H2,30,35);1H/t24-,25+;/m1./s1. The van der Waals surface area contributed by atoms with Crippen molar-refractivity contribution in [2.45, 2.75) is 43.6 Å². The van der Waals surface area contributed by atoms with Crippen LogP contribution in [0, 0.1) is 0 Å². The Morgan fingerprint density at radius 1 is 1.10 bits per heavy atom. The maximum atomic E-state index is 13.6. The number of carbonyl (C=O) groups excluding carboxylic acids is 3. The van der Waals surface area contributed by atoms with Gasteiger partial charge >= 0.3 is 12.2 Å². The molecular formula is C26H31ClF3N5O4. The van der Waals surface area contributed by atoms with Gasteiger partial charge in [0.15, 0.2) is 0 Å². The third-order valence-electron chi connectivity index (χ3n) is 7.28. The minimum Gasteiger partial charge on any atom is -0.377 e. The summed E-state index contributed by atoms with van der Waals surface area (Å²) in [6, 6.07) is 13.5. The molecule has 1 aromatic heterocycles. The highest BCUT2D eigenvalue weighted by Crippen LogP contribution is 2.38. The van der Waals surface area contributed by atoms with Crippen LogP contribution in [0.4, 0.5) is 18.0 Å². The second kappa shape index (κ2) is 11.9. The number of amides is 4. The molecule has 2 atom stereocenters. The smallest absolute Gasteiger partial charge is 0.377 e. The van der Waals surface area contributed by atoms with Crippen molar-refractivity contribution in [3.63, 3.8) is 0 Å². The summed E-state index contributed by atoms with van der Waals surface area (Å²) in [7, 11) is 0. The highest BCUT2D eigenvalue weighted by molar-refractivity contribution is 6.07. The fraction of sp³-hybridized carbons (Fsp3) is 0.462. The molecule has 0 bridgehead atoms. The Labute approximate surface area is 230 Å². The molecule has 0 aliphatic carbocycles. The van der Waals surface area contributed by atoms with Gasteiger partial charge < -0.3 is 15.4 Å². The molecule has 9 nitrogen and oxygen atoms in total. The monoisotopic (exact) mass is 569 g/mol. The number of hydrogen-bond donors (Lipinski definition) is 1. The zero-order chi connectivity index (χ0) is 27.6. The Hall–Kier alpha value is -3.22. The van der Waals surface area contributed by atoms with E-state index in [9.17, 15) is 27.6 Å². The number of urea groups is 1. The van der Waals surface area contributed by atoms with Gasteiger partial charge in [-0.25, -0.2) is 4.79 Å². The van der Waals surface area contributed by atoms with Gasteiger partial charge in [-0.05, 0) is 31.0 Å². The molecule has 2 saturated heterocycles. The average molecular weight is 570 g/mol. The first-order valence-electron chi connectivity index (χ1n) is 12.2. The molecule has 2 N–H and O–H groups in total. The van der Waals surface area contributed by atoms with Crippen LogP contribution in [0.1, 0.15) is 24.6 Å². The van der Waals surface area contributed by atoms with Crippen LogP contribution < -0.4 is 5.73 Å². The van der Waals surface area contributed by atoms with Crippen LogP contribution >= 0.6 is 12.4 Å². The number of ether oxygens (including phenoxy) is 1. The summed E-state index contributed by atoms with van der Waals surface area (Å²) in [6.45, 7) is 0.341. The SMILES string of the molecule is C[C@@](CCOCc1ccccc1)(C(N)=O)N1CCN2C(=O)N(CC(F)(F)F)C(=O)[C@]2(Cc2ccccn2)C1.Cl. The van der Waals surface area contributed by atoms with Crippen molar-refractivity contribution < 1.29 is 32.3 Å². The quantitative estimate of drug-likeness (QED) is 0.348. The number of pyridine rings is 1. The summed E-state index contributed by atoms with van der Waals surface area (Å²) in [6.07, 6.45) is -3.18. The van der Waals surface area contributed by atoms with E-state index in [4.69, 9.17) is 10.5 Å². The van der Waals surface area contributed by atoms with Crippen LogP contribution in [-0.4, -0.2) is 87.6 Å². The molecule has 1 aromatic carbocycles. The number of imide groups is 1. The number of halogens is 4. The van der Waals surface area contributed by atoms with Crippen molar-refractivity contribution in [3.05, 3.63) is 66.0 Å². The van der Waals surface area contributed by atoms with Crippen LogP contribution in [0.2, 0.25) is 0 Å². The molecule has 0 radical (unpaired) electrons. The summed E-state index contributed by atoms with van der Waals surface area (Å²) in [5.41, 5.74) is 4.27. The molecule has 0 unspecified atom stereocenters. The summed E-state index contributed by atoms with van der Waals surface area (Å²) < 4.78 is 45.6. The van der Waals surface area contributed by atoms with E-state index >= 15 is 0 Å². The Morgan fingerprint density at radius 3 is 2.41 bits per heavy atom. The predicted molar refractivity (Wildman–Crippen MR) is 138 cm³/mol. The molecule has 2 aliphatic heterocycles. The van der Waals surface area contributed by atoms with Gasteiger partial charge in [0.05, 0.1) is 12.1 Å². The lowest BCUT2D eigenvalue weighted by Crippen LogP contribution is -2.70. The number of nitrogens with two attached hydrogens (primary N) is 1. The van der Waals surface area contributed by atoms with Crippen LogP contribution in [0.3, 0.4) is 0 Å². The number of fused-ring (bicyclic) bond motifs is 1. The van der Waals surface area contributed by atoms with E-state index in [1.165, 1.54) is 11.1 Å². The zero-order valence-electron chi connectivity index (χ0n) is 21.4. The largest absolute Gasteiger partial charge is 0.406 e. The Balaban J connectivity index is 0.00000420. The third-order valence-corrected chi connectivity index (χ3v) is 7.28. The number of benzene rings is 1. The number of piperazine rings is 1. The minimum absolute atomic E-state index is 0. The topological polar surface area (TPSA) is 109 Å². The molecule has 0 spiro atoms. The van der Waals surface area contributed by atoms with Crippen molar-refractivity contribution in [2.24, 2.45) is 5.73 Å². The van der Waals surface area contributed by atoms with Crippen molar-refractivity contribution in [1.29, 1.82) is 0 Å². The van der Waals surface area contributed by atoms with Crippen LogP contribution in [0.25, 0.3) is 0 Å².